The number of rotatable bonds is 4. The summed E-state index contributed by atoms with van der Waals surface area (Å²) in [6.45, 7) is 4.37. The van der Waals surface area contributed by atoms with Crippen molar-refractivity contribution in [3.8, 4) is 0 Å². The van der Waals surface area contributed by atoms with E-state index in [2.05, 4.69) is 14.8 Å². The maximum atomic E-state index is 13.2. The molecule has 1 amide bonds. The van der Waals surface area contributed by atoms with E-state index >= 15 is 0 Å². The average molecular weight is 399 g/mol. The second-order valence-electron chi connectivity index (χ2n) is 9.01. The van der Waals surface area contributed by atoms with Crippen molar-refractivity contribution in [1.29, 1.82) is 0 Å². The number of hydrogen-bond donors (Lipinski definition) is 1. The Kier molecular flexibility index (Phi) is 5.18. The van der Waals surface area contributed by atoms with Gasteiger partial charge in [-0.1, -0.05) is 0 Å². The molecule has 2 aromatic heterocycles. The molecule has 7 heteroatoms. The Labute approximate surface area is 171 Å². The highest BCUT2D eigenvalue weighted by Crippen LogP contribution is 2.42. The lowest BCUT2D eigenvalue weighted by Gasteiger charge is -2.35. The van der Waals surface area contributed by atoms with Crippen LogP contribution >= 0.6 is 0 Å². The molecule has 3 aliphatic rings. The van der Waals surface area contributed by atoms with Gasteiger partial charge in [0.2, 0.25) is 5.91 Å². The Bertz CT molecular complexity index is 798. The molecule has 0 bridgehead atoms. The zero-order chi connectivity index (χ0) is 19.8. The summed E-state index contributed by atoms with van der Waals surface area (Å²) in [4.78, 5) is 21.8. The van der Waals surface area contributed by atoms with Gasteiger partial charge >= 0.3 is 0 Å². The molecule has 1 N–H and O–H groups in total. The number of carbonyl (C=O) groups excluding carboxylic acids is 1. The first-order valence-electron chi connectivity index (χ1n) is 10.9. The monoisotopic (exact) mass is 398 g/mol. The fourth-order valence-corrected chi connectivity index (χ4v) is 5.59. The molecule has 156 valence electrons. The molecule has 1 saturated carbocycles. The Morgan fingerprint density at radius 3 is 2.69 bits per heavy atom. The van der Waals surface area contributed by atoms with Gasteiger partial charge in [0.15, 0.2) is 0 Å². The third-order valence-corrected chi connectivity index (χ3v) is 7.22. The van der Waals surface area contributed by atoms with Crippen molar-refractivity contribution in [2.24, 2.45) is 17.8 Å². The maximum absolute atomic E-state index is 13.2. The molecule has 0 spiro atoms. The first-order valence-corrected chi connectivity index (χ1v) is 10.9. The van der Waals surface area contributed by atoms with E-state index in [0.717, 1.165) is 64.2 Å². The standard InChI is InChI=1S/C22H30N4O3/c27-21-11-18-13-26(12-17(18)10-20(21)25-8-5-23-15-25)22(28)16-3-6-24(7-4-16)14-19-2-1-9-29-19/h1-2,5,8-9,15-18,20-21,27H,3-4,6-7,10-14H2/t17-,18+,20-,21-/m1/s1. The van der Waals surface area contributed by atoms with Gasteiger partial charge in [-0.15, -0.1) is 0 Å². The second-order valence-corrected chi connectivity index (χ2v) is 9.01. The number of likely N-dealkylation sites (tertiary alicyclic amines) is 2. The van der Waals surface area contributed by atoms with Crippen LogP contribution in [0.1, 0.15) is 37.5 Å². The predicted molar refractivity (Wildman–Crippen MR) is 107 cm³/mol. The van der Waals surface area contributed by atoms with Crippen LogP contribution in [-0.2, 0) is 11.3 Å². The van der Waals surface area contributed by atoms with E-state index in [0.29, 0.717) is 17.7 Å². The highest BCUT2D eigenvalue weighted by molar-refractivity contribution is 5.79. The first kappa shape index (κ1) is 18.9. The zero-order valence-corrected chi connectivity index (χ0v) is 16.8. The van der Waals surface area contributed by atoms with Crippen molar-refractivity contribution in [3.63, 3.8) is 0 Å². The third kappa shape index (κ3) is 3.85. The molecule has 2 aromatic rings. The Morgan fingerprint density at radius 2 is 2.00 bits per heavy atom. The second kappa shape index (κ2) is 7.95. The summed E-state index contributed by atoms with van der Waals surface area (Å²) in [5.41, 5.74) is 0. The van der Waals surface area contributed by atoms with Crippen molar-refractivity contribution in [1.82, 2.24) is 19.4 Å². The summed E-state index contributed by atoms with van der Waals surface area (Å²) in [6, 6.07) is 4.01. The van der Waals surface area contributed by atoms with Crippen LogP contribution in [0.5, 0.6) is 0 Å². The van der Waals surface area contributed by atoms with Crippen LogP contribution in [0.3, 0.4) is 0 Å². The molecule has 0 radical (unpaired) electrons. The molecule has 0 aromatic carbocycles. The minimum Gasteiger partial charge on any atom is -0.468 e. The van der Waals surface area contributed by atoms with E-state index in [4.69, 9.17) is 4.42 Å². The smallest absolute Gasteiger partial charge is 0.225 e. The molecular formula is C22H30N4O3. The Hall–Kier alpha value is -2.12. The van der Waals surface area contributed by atoms with Gasteiger partial charge in [0.05, 0.1) is 31.3 Å². The topological polar surface area (TPSA) is 74.7 Å². The van der Waals surface area contributed by atoms with Crippen LogP contribution in [0.15, 0.2) is 41.5 Å². The minimum atomic E-state index is -0.356. The lowest BCUT2D eigenvalue weighted by molar-refractivity contribution is -0.136. The lowest BCUT2D eigenvalue weighted by Crippen LogP contribution is -2.41. The van der Waals surface area contributed by atoms with E-state index in [-0.39, 0.29) is 18.1 Å². The van der Waals surface area contributed by atoms with Gasteiger partial charge < -0.3 is 19.0 Å². The first-order chi connectivity index (χ1) is 14.2. The summed E-state index contributed by atoms with van der Waals surface area (Å²) >= 11 is 0. The third-order valence-electron chi connectivity index (χ3n) is 7.22. The molecular weight excluding hydrogens is 368 g/mol. The molecule has 2 aliphatic heterocycles. The van der Waals surface area contributed by atoms with Gasteiger partial charge in [-0.05, 0) is 62.7 Å². The average Bonchev–Trinajstić information content (AvgIpc) is 3.49. The van der Waals surface area contributed by atoms with E-state index in [9.17, 15) is 9.90 Å². The van der Waals surface area contributed by atoms with E-state index in [1.807, 2.05) is 22.9 Å². The van der Waals surface area contributed by atoms with E-state index < -0.39 is 0 Å². The van der Waals surface area contributed by atoms with Gasteiger partial charge in [-0.25, -0.2) is 4.98 Å². The number of furan rings is 1. The van der Waals surface area contributed by atoms with Gasteiger partial charge in [0, 0.05) is 31.4 Å². The Morgan fingerprint density at radius 1 is 1.21 bits per heavy atom. The van der Waals surface area contributed by atoms with Crippen molar-refractivity contribution < 1.29 is 14.3 Å². The number of imidazole rings is 1. The van der Waals surface area contributed by atoms with E-state index in [1.54, 1.807) is 18.8 Å². The maximum Gasteiger partial charge on any atom is 0.225 e. The van der Waals surface area contributed by atoms with Crippen LogP contribution in [-0.4, -0.2) is 62.6 Å². The van der Waals surface area contributed by atoms with Crippen molar-refractivity contribution in [2.45, 2.75) is 44.4 Å². The quantitative estimate of drug-likeness (QED) is 0.854. The summed E-state index contributed by atoms with van der Waals surface area (Å²) < 4.78 is 7.48. The SMILES string of the molecule is O=C(C1CCN(Cc2ccco2)CC1)N1C[C@H]2C[C@@H](n3ccnc3)[C@H](O)C[C@H]2C1. The normalized spacial score (nSPS) is 31.1. The number of nitrogens with zero attached hydrogens (tertiary/aromatic N) is 4. The van der Waals surface area contributed by atoms with Crippen LogP contribution in [0.25, 0.3) is 0 Å². The molecule has 1 aliphatic carbocycles. The molecule has 29 heavy (non-hydrogen) atoms. The lowest BCUT2D eigenvalue weighted by atomic mass is 9.77. The van der Waals surface area contributed by atoms with Gasteiger partial charge in [0.1, 0.15) is 5.76 Å². The predicted octanol–water partition coefficient (Wildman–Crippen LogP) is 2.16. The summed E-state index contributed by atoms with van der Waals surface area (Å²) in [6.07, 6.45) is 10.4. The highest BCUT2D eigenvalue weighted by Gasteiger charge is 2.44. The molecule has 4 heterocycles. The number of aliphatic hydroxyl groups is 1. The molecule has 2 saturated heterocycles. The van der Waals surface area contributed by atoms with Crippen molar-refractivity contribution in [3.05, 3.63) is 42.9 Å². The number of amides is 1. The zero-order valence-electron chi connectivity index (χ0n) is 16.8. The fourth-order valence-electron chi connectivity index (χ4n) is 5.59. The fraction of sp³-hybridized carbons (Fsp3) is 0.636. The highest BCUT2D eigenvalue weighted by atomic mass is 16.3. The molecule has 4 atom stereocenters. The van der Waals surface area contributed by atoms with Crippen molar-refractivity contribution in [2.75, 3.05) is 26.2 Å². The van der Waals surface area contributed by atoms with Crippen molar-refractivity contribution >= 4 is 5.91 Å². The minimum absolute atomic E-state index is 0.0821. The van der Waals surface area contributed by atoms with Gasteiger partial charge in [0.25, 0.3) is 0 Å². The van der Waals surface area contributed by atoms with Gasteiger partial charge in [-0.2, -0.15) is 0 Å². The molecule has 5 rings (SSSR count). The largest absolute Gasteiger partial charge is 0.468 e. The van der Waals surface area contributed by atoms with Crippen LogP contribution in [0, 0.1) is 17.8 Å². The molecule has 7 nitrogen and oxygen atoms in total. The summed E-state index contributed by atoms with van der Waals surface area (Å²) in [5, 5.41) is 10.6. The number of piperidine rings is 1. The number of aromatic nitrogens is 2. The number of hydrogen-bond acceptors (Lipinski definition) is 5. The Balaban J connectivity index is 1.15. The van der Waals surface area contributed by atoms with Crippen LogP contribution in [0.2, 0.25) is 0 Å². The van der Waals surface area contributed by atoms with Gasteiger partial charge in [-0.3, -0.25) is 9.69 Å². The molecule has 0 unspecified atom stereocenters. The van der Waals surface area contributed by atoms with Crippen LogP contribution < -0.4 is 0 Å². The number of aliphatic hydroxyl groups excluding tert-OH is 1. The van der Waals surface area contributed by atoms with Crippen LogP contribution in [0.4, 0.5) is 0 Å². The number of fused-ring (bicyclic) bond motifs is 1. The summed E-state index contributed by atoms with van der Waals surface area (Å²) in [5.74, 6) is 2.36. The summed E-state index contributed by atoms with van der Waals surface area (Å²) in [7, 11) is 0. The van der Waals surface area contributed by atoms with E-state index in [1.165, 1.54) is 0 Å². The number of carbonyl (C=O) groups is 1. The molecule has 3 fully saturated rings.